The van der Waals surface area contributed by atoms with Gasteiger partial charge in [-0.05, 0) is 44.6 Å². The van der Waals surface area contributed by atoms with Gasteiger partial charge >= 0.3 is 0 Å². The summed E-state index contributed by atoms with van der Waals surface area (Å²) in [6.07, 6.45) is 5.24. The molecule has 2 aliphatic carbocycles. The Morgan fingerprint density at radius 2 is 1.78 bits per heavy atom. The largest absolute Gasteiger partial charge is 0.379 e. The molecule has 3 aliphatic rings. The summed E-state index contributed by atoms with van der Waals surface area (Å²) in [6.45, 7) is 3.24. The lowest BCUT2D eigenvalue weighted by atomic mass is 10.0. The van der Waals surface area contributed by atoms with Crippen LogP contribution < -0.4 is 5.32 Å². The Morgan fingerprint density at radius 3 is 2.28 bits per heavy atom. The van der Waals surface area contributed by atoms with E-state index < -0.39 is 0 Å². The molecule has 1 amide bonds. The van der Waals surface area contributed by atoms with Crippen LogP contribution in [0.3, 0.4) is 0 Å². The molecule has 3 fully saturated rings. The summed E-state index contributed by atoms with van der Waals surface area (Å²) >= 11 is 0. The van der Waals surface area contributed by atoms with Gasteiger partial charge in [0.05, 0.1) is 19.1 Å². The van der Waals surface area contributed by atoms with Gasteiger partial charge in [0.25, 0.3) is 0 Å². The van der Waals surface area contributed by atoms with Crippen molar-refractivity contribution >= 4 is 5.91 Å². The van der Waals surface area contributed by atoms with Crippen LogP contribution in [-0.2, 0) is 9.53 Å². The molecule has 0 bridgehead atoms. The van der Waals surface area contributed by atoms with Crippen molar-refractivity contribution in [1.82, 2.24) is 10.2 Å². The molecule has 1 heterocycles. The van der Waals surface area contributed by atoms with Crippen molar-refractivity contribution in [3.05, 3.63) is 0 Å². The lowest BCUT2D eigenvalue weighted by Crippen LogP contribution is -2.46. The average molecular weight is 252 g/mol. The number of hydrogen-bond donors (Lipinski definition) is 1. The van der Waals surface area contributed by atoms with E-state index >= 15 is 0 Å². The lowest BCUT2D eigenvalue weighted by Gasteiger charge is -2.27. The quantitative estimate of drug-likeness (QED) is 0.762. The van der Waals surface area contributed by atoms with Gasteiger partial charge in [-0.25, -0.2) is 0 Å². The standard InChI is InChI=1S/C14H24N2O2/c1-15-13-9-18-8-12(13)14(17)16(6-10-2-3-10)7-11-4-5-11/h10-13,15H,2-9H2,1H3. The van der Waals surface area contributed by atoms with Crippen LogP contribution in [0.15, 0.2) is 0 Å². The highest BCUT2D eigenvalue weighted by Gasteiger charge is 2.39. The van der Waals surface area contributed by atoms with E-state index in [0.29, 0.717) is 19.1 Å². The van der Waals surface area contributed by atoms with E-state index in [0.717, 1.165) is 24.9 Å². The van der Waals surface area contributed by atoms with Crippen LogP contribution in [0.5, 0.6) is 0 Å². The minimum Gasteiger partial charge on any atom is -0.379 e. The van der Waals surface area contributed by atoms with Crippen molar-refractivity contribution in [3.8, 4) is 0 Å². The molecule has 18 heavy (non-hydrogen) atoms. The van der Waals surface area contributed by atoms with Gasteiger partial charge in [0, 0.05) is 19.1 Å². The first kappa shape index (κ1) is 12.4. The SMILES string of the molecule is CNC1COCC1C(=O)N(CC1CC1)CC1CC1. The molecule has 2 saturated carbocycles. The Hall–Kier alpha value is -0.610. The third kappa shape index (κ3) is 2.86. The molecule has 2 unspecified atom stereocenters. The Morgan fingerprint density at radius 1 is 1.17 bits per heavy atom. The Labute approximate surface area is 109 Å². The molecule has 0 spiro atoms. The summed E-state index contributed by atoms with van der Waals surface area (Å²) in [5.41, 5.74) is 0. The monoisotopic (exact) mass is 252 g/mol. The van der Waals surface area contributed by atoms with Crippen LogP contribution in [0.4, 0.5) is 0 Å². The third-order valence-electron chi connectivity index (χ3n) is 4.43. The van der Waals surface area contributed by atoms with E-state index in [1.807, 2.05) is 7.05 Å². The van der Waals surface area contributed by atoms with Gasteiger partial charge < -0.3 is 15.0 Å². The maximum Gasteiger partial charge on any atom is 0.229 e. The van der Waals surface area contributed by atoms with Crippen LogP contribution in [0.25, 0.3) is 0 Å². The minimum absolute atomic E-state index is 0.0347. The van der Waals surface area contributed by atoms with E-state index in [1.54, 1.807) is 0 Å². The summed E-state index contributed by atoms with van der Waals surface area (Å²) in [4.78, 5) is 14.8. The fourth-order valence-electron chi connectivity index (χ4n) is 2.80. The molecule has 0 aromatic carbocycles. The van der Waals surface area contributed by atoms with E-state index in [4.69, 9.17) is 4.74 Å². The van der Waals surface area contributed by atoms with Crippen molar-refractivity contribution in [2.45, 2.75) is 31.7 Å². The van der Waals surface area contributed by atoms with Crippen LogP contribution in [0, 0.1) is 17.8 Å². The van der Waals surface area contributed by atoms with Gasteiger partial charge in [-0.15, -0.1) is 0 Å². The Kier molecular flexibility index (Phi) is 3.57. The van der Waals surface area contributed by atoms with Crippen LogP contribution in [0.1, 0.15) is 25.7 Å². The normalized spacial score (nSPS) is 31.6. The number of ether oxygens (including phenoxy) is 1. The van der Waals surface area contributed by atoms with Crippen molar-refractivity contribution in [1.29, 1.82) is 0 Å². The predicted molar refractivity (Wildman–Crippen MR) is 69.2 cm³/mol. The first-order chi connectivity index (χ1) is 8.78. The average Bonchev–Trinajstić information content (AvgIpc) is 3.29. The third-order valence-corrected chi connectivity index (χ3v) is 4.43. The first-order valence-corrected chi connectivity index (χ1v) is 7.31. The number of nitrogens with one attached hydrogen (secondary N) is 1. The Bertz CT molecular complexity index is 299. The second-order valence-electron chi connectivity index (χ2n) is 6.17. The van der Waals surface area contributed by atoms with Gasteiger partial charge in [0.2, 0.25) is 5.91 Å². The van der Waals surface area contributed by atoms with E-state index in [-0.39, 0.29) is 12.0 Å². The van der Waals surface area contributed by atoms with Crippen LogP contribution >= 0.6 is 0 Å². The van der Waals surface area contributed by atoms with E-state index in [2.05, 4.69) is 10.2 Å². The molecular formula is C14H24N2O2. The number of carbonyl (C=O) groups is 1. The number of hydrogen-bond acceptors (Lipinski definition) is 3. The molecule has 1 aliphatic heterocycles. The maximum absolute atomic E-state index is 12.6. The van der Waals surface area contributed by atoms with Crippen molar-refractivity contribution in [3.63, 3.8) is 0 Å². The molecule has 102 valence electrons. The molecule has 0 radical (unpaired) electrons. The molecule has 0 aromatic rings. The molecule has 1 saturated heterocycles. The highest BCUT2D eigenvalue weighted by molar-refractivity contribution is 5.80. The van der Waals surface area contributed by atoms with E-state index in [1.165, 1.54) is 25.7 Å². The molecular weight excluding hydrogens is 228 g/mol. The fraction of sp³-hybridized carbons (Fsp3) is 0.929. The lowest BCUT2D eigenvalue weighted by molar-refractivity contribution is -0.136. The van der Waals surface area contributed by atoms with Crippen molar-refractivity contribution in [2.75, 3.05) is 33.4 Å². The number of likely N-dealkylation sites (N-methyl/N-ethyl adjacent to an activating group) is 1. The smallest absolute Gasteiger partial charge is 0.229 e. The molecule has 4 nitrogen and oxygen atoms in total. The highest BCUT2D eigenvalue weighted by atomic mass is 16.5. The van der Waals surface area contributed by atoms with Crippen LogP contribution in [0.2, 0.25) is 0 Å². The van der Waals surface area contributed by atoms with Gasteiger partial charge in [-0.3, -0.25) is 4.79 Å². The number of nitrogens with zero attached hydrogens (tertiary/aromatic N) is 1. The van der Waals surface area contributed by atoms with Gasteiger partial charge in [0.1, 0.15) is 0 Å². The van der Waals surface area contributed by atoms with Gasteiger partial charge in [-0.2, -0.15) is 0 Å². The van der Waals surface area contributed by atoms with Gasteiger partial charge in [-0.1, -0.05) is 0 Å². The van der Waals surface area contributed by atoms with Crippen molar-refractivity contribution in [2.24, 2.45) is 17.8 Å². The van der Waals surface area contributed by atoms with Crippen molar-refractivity contribution < 1.29 is 9.53 Å². The second kappa shape index (κ2) is 5.17. The molecule has 4 heteroatoms. The topological polar surface area (TPSA) is 41.6 Å². The minimum atomic E-state index is 0.0347. The molecule has 2 atom stereocenters. The summed E-state index contributed by atoms with van der Waals surface area (Å²) < 4.78 is 5.46. The number of carbonyl (C=O) groups excluding carboxylic acids is 1. The maximum atomic E-state index is 12.6. The Balaban J connectivity index is 1.61. The summed E-state index contributed by atoms with van der Waals surface area (Å²) in [7, 11) is 1.92. The number of rotatable bonds is 6. The zero-order chi connectivity index (χ0) is 12.5. The van der Waals surface area contributed by atoms with Gasteiger partial charge in [0.15, 0.2) is 0 Å². The highest BCUT2D eigenvalue weighted by Crippen LogP contribution is 2.34. The zero-order valence-electron chi connectivity index (χ0n) is 11.2. The summed E-state index contributed by atoms with van der Waals surface area (Å²) in [6, 6.07) is 0.207. The first-order valence-electron chi connectivity index (χ1n) is 7.31. The number of amides is 1. The summed E-state index contributed by atoms with van der Waals surface area (Å²) in [5, 5.41) is 3.22. The summed E-state index contributed by atoms with van der Waals surface area (Å²) in [5.74, 6) is 1.92. The molecule has 3 rings (SSSR count). The van der Waals surface area contributed by atoms with Crippen LogP contribution in [-0.4, -0.2) is 50.2 Å². The molecule has 1 N–H and O–H groups in total. The predicted octanol–water partition coefficient (Wildman–Crippen LogP) is 0.869. The zero-order valence-corrected chi connectivity index (χ0v) is 11.2. The fourth-order valence-corrected chi connectivity index (χ4v) is 2.80. The second-order valence-corrected chi connectivity index (χ2v) is 6.17. The molecule has 0 aromatic heterocycles. The van der Waals surface area contributed by atoms with E-state index in [9.17, 15) is 4.79 Å².